The molecular weight excluding hydrogens is 204 g/mol. The fourth-order valence-electron chi connectivity index (χ4n) is 1.22. The van der Waals surface area contributed by atoms with Crippen LogP contribution >= 0.6 is 12.6 Å². The largest absolute Gasteiger partial charge is 0.494 e. The molecule has 0 aromatic heterocycles. The van der Waals surface area contributed by atoms with E-state index >= 15 is 0 Å². The highest BCUT2D eigenvalue weighted by Crippen LogP contribution is 2.14. The van der Waals surface area contributed by atoms with Gasteiger partial charge in [0.15, 0.2) is 0 Å². The third-order valence-corrected chi connectivity index (χ3v) is 2.20. The number of rotatable bonds is 6. The Kier molecular flexibility index (Phi) is 6.02. The topological polar surface area (TPSA) is 9.23 Å². The van der Waals surface area contributed by atoms with Gasteiger partial charge >= 0.3 is 0 Å². The van der Waals surface area contributed by atoms with Crippen LogP contribution < -0.4 is 4.74 Å². The Morgan fingerprint density at radius 1 is 1.40 bits per heavy atom. The zero-order chi connectivity index (χ0) is 10.9. The zero-order valence-corrected chi connectivity index (χ0v) is 10.0. The second-order valence-electron chi connectivity index (χ2n) is 3.34. The van der Waals surface area contributed by atoms with E-state index in [1.807, 2.05) is 12.1 Å². The van der Waals surface area contributed by atoms with Crippen LogP contribution in [-0.4, -0.2) is 12.4 Å². The van der Waals surface area contributed by atoms with E-state index in [-0.39, 0.29) is 0 Å². The average molecular weight is 222 g/mol. The van der Waals surface area contributed by atoms with Crippen LogP contribution in [0.4, 0.5) is 0 Å². The molecule has 1 aromatic carbocycles. The first-order valence-corrected chi connectivity index (χ1v) is 6.00. The first kappa shape index (κ1) is 12.2. The van der Waals surface area contributed by atoms with Crippen LogP contribution in [0, 0.1) is 0 Å². The van der Waals surface area contributed by atoms with Gasteiger partial charge in [-0.15, -0.1) is 0 Å². The Bertz CT molecular complexity index is 307. The molecule has 0 N–H and O–H groups in total. The quantitative estimate of drug-likeness (QED) is 0.720. The number of ether oxygens (including phenoxy) is 1. The molecule has 15 heavy (non-hydrogen) atoms. The number of thiol groups is 1. The monoisotopic (exact) mass is 222 g/mol. The van der Waals surface area contributed by atoms with Crippen LogP contribution in [-0.2, 0) is 0 Å². The van der Waals surface area contributed by atoms with E-state index in [4.69, 9.17) is 4.74 Å². The van der Waals surface area contributed by atoms with Crippen molar-refractivity contribution in [3.05, 3.63) is 35.9 Å². The van der Waals surface area contributed by atoms with Crippen LogP contribution in [0.25, 0.3) is 6.08 Å². The second-order valence-corrected chi connectivity index (χ2v) is 3.78. The van der Waals surface area contributed by atoms with Gasteiger partial charge in [-0.05, 0) is 36.3 Å². The molecule has 0 spiro atoms. The van der Waals surface area contributed by atoms with E-state index in [0.717, 1.165) is 31.0 Å². The lowest BCUT2D eigenvalue weighted by Gasteiger charge is -2.04. The van der Waals surface area contributed by atoms with Crippen molar-refractivity contribution in [3.63, 3.8) is 0 Å². The highest BCUT2D eigenvalue weighted by atomic mass is 32.1. The molecule has 0 aliphatic rings. The average Bonchev–Trinajstić information content (AvgIpc) is 2.27. The normalized spacial score (nSPS) is 10.8. The Morgan fingerprint density at radius 2 is 2.27 bits per heavy atom. The summed E-state index contributed by atoms with van der Waals surface area (Å²) < 4.78 is 5.55. The third kappa shape index (κ3) is 4.93. The maximum atomic E-state index is 5.55. The second kappa shape index (κ2) is 7.41. The molecular formula is C13H18OS. The molecule has 82 valence electrons. The molecule has 2 heteroatoms. The molecule has 0 atom stereocenters. The van der Waals surface area contributed by atoms with Gasteiger partial charge in [0.05, 0.1) is 6.61 Å². The van der Waals surface area contributed by atoms with E-state index in [2.05, 4.69) is 43.8 Å². The van der Waals surface area contributed by atoms with Crippen molar-refractivity contribution < 1.29 is 4.74 Å². The van der Waals surface area contributed by atoms with E-state index in [1.165, 1.54) is 5.56 Å². The maximum absolute atomic E-state index is 5.55. The molecule has 0 saturated heterocycles. The van der Waals surface area contributed by atoms with Crippen molar-refractivity contribution in [2.75, 3.05) is 12.4 Å². The lowest BCUT2D eigenvalue weighted by molar-refractivity contribution is 0.317. The maximum Gasteiger partial charge on any atom is 0.119 e. The van der Waals surface area contributed by atoms with Gasteiger partial charge in [-0.1, -0.05) is 31.2 Å². The minimum Gasteiger partial charge on any atom is -0.494 e. The predicted molar refractivity (Wildman–Crippen MR) is 69.7 cm³/mol. The Morgan fingerprint density at radius 3 is 3.00 bits per heavy atom. The van der Waals surface area contributed by atoms with Crippen LogP contribution in [0.15, 0.2) is 30.3 Å². The molecule has 1 rings (SSSR count). The minimum absolute atomic E-state index is 0.782. The molecule has 1 nitrogen and oxygen atoms in total. The number of hydrogen-bond acceptors (Lipinski definition) is 2. The number of hydrogen-bond donors (Lipinski definition) is 1. The lowest BCUT2D eigenvalue weighted by Crippen LogP contribution is -1.94. The Hall–Kier alpha value is -0.890. The van der Waals surface area contributed by atoms with Crippen molar-refractivity contribution >= 4 is 18.7 Å². The summed E-state index contributed by atoms with van der Waals surface area (Å²) in [6.07, 6.45) is 6.28. The summed E-state index contributed by atoms with van der Waals surface area (Å²) in [5.41, 5.74) is 1.19. The van der Waals surface area contributed by atoms with Crippen molar-refractivity contribution in [1.29, 1.82) is 0 Å². The van der Waals surface area contributed by atoms with Gasteiger partial charge < -0.3 is 4.74 Å². The molecule has 1 aromatic rings. The molecule has 0 saturated carbocycles. The summed E-state index contributed by atoms with van der Waals surface area (Å²) in [5, 5.41) is 0. The molecule has 0 amide bonds. The van der Waals surface area contributed by atoms with Crippen molar-refractivity contribution in [2.45, 2.75) is 19.8 Å². The first-order valence-electron chi connectivity index (χ1n) is 5.37. The SMILES string of the molecule is CCCOc1cccc(C=CCCS)c1. The van der Waals surface area contributed by atoms with Gasteiger partial charge in [0.25, 0.3) is 0 Å². The molecule has 0 unspecified atom stereocenters. The highest BCUT2D eigenvalue weighted by molar-refractivity contribution is 7.80. The molecule has 0 aliphatic heterocycles. The molecule has 0 fully saturated rings. The van der Waals surface area contributed by atoms with Crippen LogP contribution in [0.2, 0.25) is 0 Å². The summed E-state index contributed by atoms with van der Waals surface area (Å²) in [6.45, 7) is 2.89. The van der Waals surface area contributed by atoms with Crippen molar-refractivity contribution in [3.8, 4) is 5.75 Å². The smallest absolute Gasteiger partial charge is 0.119 e. The predicted octanol–water partition coefficient (Wildman–Crippen LogP) is 3.81. The molecule has 0 aliphatic carbocycles. The van der Waals surface area contributed by atoms with E-state index in [9.17, 15) is 0 Å². The van der Waals surface area contributed by atoms with Gasteiger partial charge in [0.2, 0.25) is 0 Å². The zero-order valence-electron chi connectivity index (χ0n) is 9.15. The Labute approximate surface area is 97.6 Å². The molecule has 0 heterocycles. The van der Waals surface area contributed by atoms with E-state index in [0.29, 0.717) is 0 Å². The number of benzene rings is 1. The van der Waals surface area contributed by atoms with Crippen LogP contribution in [0.1, 0.15) is 25.3 Å². The van der Waals surface area contributed by atoms with Gasteiger partial charge in [-0.3, -0.25) is 0 Å². The summed E-state index contributed by atoms with van der Waals surface area (Å²) >= 11 is 4.16. The van der Waals surface area contributed by atoms with Gasteiger partial charge in [0.1, 0.15) is 5.75 Å². The van der Waals surface area contributed by atoms with Crippen LogP contribution in [0.3, 0.4) is 0 Å². The fraction of sp³-hybridized carbons (Fsp3) is 0.385. The standard InChI is InChI=1S/C13H18OS/c1-2-9-14-13-8-5-7-12(11-13)6-3-4-10-15/h3,5-8,11,15H,2,4,9-10H2,1H3. The van der Waals surface area contributed by atoms with Gasteiger partial charge in [-0.2, -0.15) is 12.6 Å². The Balaban J connectivity index is 2.57. The molecule has 0 radical (unpaired) electrons. The van der Waals surface area contributed by atoms with Crippen molar-refractivity contribution in [1.82, 2.24) is 0 Å². The first-order chi connectivity index (χ1) is 7.36. The third-order valence-electron chi connectivity index (χ3n) is 1.94. The molecule has 0 bridgehead atoms. The van der Waals surface area contributed by atoms with Crippen molar-refractivity contribution in [2.24, 2.45) is 0 Å². The van der Waals surface area contributed by atoms with E-state index in [1.54, 1.807) is 0 Å². The summed E-state index contributed by atoms with van der Waals surface area (Å²) in [7, 11) is 0. The summed E-state index contributed by atoms with van der Waals surface area (Å²) in [6, 6.07) is 8.15. The minimum atomic E-state index is 0.782. The number of allylic oxidation sites excluding steroid dienone is 1. The highest BCUT2D eigenvalue weighted by Gasteiger charge is 1.93. The van der Waals surface area contributed by atoms with Gasteiger partial charge in [0, 0.05) is 0 Å². The van der Waals surface area contributed by atoms with E-state index < -0.39 is 0 Å². The van der Waals surface area contributed by atoms with Gasteiger partial charge in [-0.25, -0.2) is 0 Å². The summed E-state index contributed by atoms with van der Waals surface area (Å²) in [4.78, 5) is 0. The lowest BCUT2D eigenvalue weighted by atomic mass is 10.2. The fourth-order valence-corrected chi connectivity index (χ4v) is 1.37. The van der Waals surface area contributed by atoms with Crippen LogP contribution in [0.5, 0.6) is 5.75 Å². The summed E-state index contributed by atoms with van der Waals surface area (Å²) in [5.74, 6) is 1.84.